The zero-order valence-electron chi connectivity index (χ0n) is 12.4. The largest absolute Gasteiger partial charge is 0.496 e. The topological polar surface area (TPSA) is 47.6 Å². The van der Waals surface area contributed by atoms with Gasteiger partial charge in [-0.2, -0.15) is 0 Å². The number of carbonyl (C=O) groups is 1. The summed E-state index contributed by atoms with van der Waals surface area (Å²) in [6.45, 7) is 7.10. The minimum absolute atomic E-state index is 0.0703. The minimum Gasteiger partial charge on any atom is -0.496 e. The van der Waals surface area contributed by atoms with Gasteiger partial charge in [-0.1, -0.05) is 13.8 Å². The molecule has 1 aromatic rings. The molecular formula is C15H23NO3. The molecule has 0 spiro atoms. The normalized spacial score (nSPS) is 10.6. The molecule has 0 unspecified atom stereocenters. The van der Waals surface area contributed by atoms with E-state index >= 15 is 0 Å². The first kappa shape index (κ1) is 15.5. The maximum atomic E-state index is 12.1. The van der Waals surface area contributed by atoms with Crippen LogP contribution in [0.5, 0.6) is 5.75 Å². The van der Waals surface area contributed by atoms with Crippen molar-refractivity contribution in [1.82, 2.24) is 5.32 Å². The van der Waals surface area contributed by atoms with Crippen LogP contribution in [0, 0.1) is 6.92 Å². The van der Waals surface area contributed by atoms with Crippen molar-refractivity contribution in [3.05, 3.63) is 28.8 Å². The third-order valence-electron chi connectivity index (χ3n) is 3.04. The Hall–Kier alpha value is -1.55. The Kier molecular flexibility index (Phi) is 5.83. The van der Waals surface area contributed by atoms with Crippen LogP contribution in [0.1, 0.15) is 41.3 Å². The molecule has 0 saturated carbocycles. The Balaban J connectivity index is 3.00. The number of nitrogens with one attached hydrogen (secondary N) is 1. The van der Waals surface area contributed by atoms with Crippen molar-refractivity contribution in [2.24, 2.45) is 0 Å². The molecule has 1 amide bonds. The third kappa shape index (κ3) is 3.96. The molecule has 0 bridgehead atoms. The minimum atomic E-state index is -0.0703. The van der Waals surface area contributed by atoms with Crippen molar-refractivity contribution in [2.75, 3.05) is 27.4 Å². The summed E-state index contributed by atoms with van der Waals surface area (Å²) >= 11 is 0. The van der Waals surface area contributed by atoms with Crippen LogP contribution in [0.4, 0.5) is 0 Å². The average molecular weight is 265 g/mol. The fraction of sp³-hybridized carbons (Fsp3) is 0.533. The van der Waals surface area contributed by atoms with Gasteiger partial charge in [-0.15, -0.1) is 0 Å². The van der Waals surface area contributed by atoms with Crippen LogP contribution in [0.15, 0.2) is 12.1 Å². The van der Waals surface area contributed by atoms with E-state index in [1.54, 1.807) is 14.2 Å². The smallest absolute Gasteiger partial charge is 0.251 e. The molecule has 1 rings (SSSR count). The molecule has 0 aliphatic rings. The van der Waals surface area contributed by atoms with Gasteiger partial charge in [0.2, 0.25) is 0 Å². The SMILES string of the molecule is COCCNC(=O)c1cc(C(C)C)c(OC)cc1C. The Bertz CT molecular complexity index is 441. The molecule has 19 heavy (non-hydrogen) atoms. The summed E-state index contributed by atoms with van der Waals surface area (Å²) in [5, 5.41) is 2.84. The van der Waals surface area contributed by atoms with Gasteiger partial charge < -0.3 is 14.8 Å². The number of benzene rings is 1. The van der Waals surface area contributed by atoms with Gasteiger partial charge in [0.15, 0.2) is 0 Å². The van der Waals surface area contributed by atoms with E-state index in [-0.39, 0.29) is 5.91 Å². The maximum absolute atomic E-state index is 12.1. The lowest BCUT2D eigenvalue weighted by molar-refractivity contribution is 0.0936. The number of methoxy groups -OCH3 is 2. The van der Waals surface area contributed by atoms with Crippen LogP contribution in [-0.4, -0.2) is 33.3 Å². The summed E-state index contributed by atoms with van der Waals surface area (Å²) in [5.41, 5.74) is 2.65. The molecule has 4 nitrogen and oxygen atoms in total. The van der Waals surface area contributed by atoms with Crippen LogP contribution >= 0.6 is 0 Å². The Morgan fingerprint density at radius 2 is 2.00 bits per heavy atom. The second-order valence-electron chi connectivity index (χ2n) is 4.81. The fourth-order valence-corrected chi connectivity index (χ4v) is 1.93. The van der Waals surface area contributed by atoms with Crippen LogP contribution in [0.3, 0.4) is 0 Å². The zero-order valence-corrected chi connectivity index (χ0v) is 12.4. The van der Waals surface area contributed by atoms with Crippen LogP contribution in [0.2, 0.25) is 0 Å². The van der Waals surface area contributed by atoms with E-state index in [4.69, 9.17) is 9.47 Å². The van der Waals surface area contributed by atoms with E-state index in [9.17, 15) is 4.79 Å². The predicted octanol–water partition coefficient (Wildman–Crippen LogP) is 2.50. The van der Waals surface area contributed by atoms with Crippen molar-refractivity contribution in [3.8, 4) is 5.75 Å². The molecule has 1 N–H and O–H groups in total. The number of hydrogen-bond acceptors (Lipinski definition) is 3. The first-order chi connectivity index (χ1) is 9.01. The number of amides is 1. The van der Waals surface area contributed by atoms with E-state index in [1.165, 1.54) is 0 Å². The molecule has 0 aromatic heterocycles. The summed E-state index contributed by atoms with van der Waals surface area (Å²) in [7, 11) is 3.26. The fourth-order valence-electron chi connectivity index (χ4n) is 1.93. The molecule has 0 atom stereocenters. The van der Waals surface area contributed by atoms with Gasteiger partial charge in [0.05, 0.1) is 13.7 Å². The molecule has 4 heteroatoms. The van der Waals surface area contributed by atoms with Crippen LogP contribution < -0.4 is 10.1 Å². The Morgan fingerprint density at radius 3 is 2.53 bits per heavy atom. The quantitative estimate of drug-likeness (QED) is 0.804. The maximum Gasteiger partial charge on any atom is 0.251 e. The number of ether oxygens (including phenoxy) is 2. The van der Waals surface area contributed by atoms with Crippen molar-refractivity contribution in [3.63, 3.8) is 0 Å². The van der Waals surface area contributed by atoms with E-state index in [1.807, 2.05) is 19.1 Å². The molecule has 0 heterocycles. The number of rotatable bonds is 6. The monoisotopic (exact) mass is 265 g/mol. The van der Waals surface area contributed by atoms with Crippen molar-refractivity contribution < 1.29 is 14.3 Å². The summed E-state index contributed by atoms with van der Waals surface area (Å²) in [5.74, 6) is 1.07. The molecule has 1 aromatic carbocycles. The van der Waals surface area contributed by atoms with Gasteiger partial charge in [-0.05, 0) is 36.1 Å². The lowest BCUT2D eigenvalue weighted by Gasteiger charge is -2.16. The highest BCUT2D eigenvalue weighted by Gasteiger charge is 2.15. The standard InChI is InChI=1S/C15H23NO3/c1-10(2)12-9-13(11(3)8-14(12)19-5)15(17)16-6-7-18-4/h8-10H,6-7H2,1-5H3,(H,16,17). The average Bonchev–Trinajstić information content (AvgIpc) is 2.37. The van der Waals surface area contributed by atoms with Gasteiger partial charge in [-0.25, -0.2) is 0 Å². The highest BCUT2D eigenvalue weighted by Crippen LogP contribution is 2.29. The lowest BCUT2D eigenvalue weighted by Crippen LogP contribution is -2.27. The predicted molar refractivity (Wildman–Crippen MR) is 76.0 cm³/mol. The van der Waals surface area contributed by atoms with Gasteiger partial charge in [0.1, 0.15) is 5.75 Å². The van der Waals surface area contributed by atoms with E-state index in [0.717, 1.165) is 16.9 Å². The Labute approximate surface area is 115 Å². The first-order valence-corrected chi connectivity index (χ1v) is 6.47. The van der Waals surface area contributed by atoms with Crippen molar-refractivity contribution >= 4 is 5.91 Å². The van der Waals surface area contributed by atoms with E-state index in [0.29, 0.717) is 24.6 Å². The van der Waals surface area contributed by atoms with Gasteiger partial charge in [0, 0.05) is 19.2 Å². The highest BCUT2D eigenvalue weighted by atomic mass is 16.5. The van der Waals surface area contributed by atoms with Crippen LogP contribution in [0.25, 0.3) is 0 Å². The van der Waals surface area contributed by atoms with Gasteiger partial charge in [0.25, 0.3) is 5.91 Å². The molecule has 0 aliphatic heterocycles. The van der Waals surface area contributed by atoms with Gasteiger partial charge in [-0.3, -0.25) is 4.79 Å². The number of aryl methyl sites for hydroxylation is 1. The Morgan fingerprint density at radius 1 is 1.32 bits per heavy atom. The third-order valence-corrected chi connectivity index (χ3v) is 3.04. The summed E-state index contributed by atoms with van der Waals surface area (Å²) in [6, 6.07) is 3.83. The molecule has 0 radical (unpaired) electrons. The molecule has 106 valence electrons. The number of hydrogen-bond donors (Lipinski definition) is 1. The molecule has 0 aliphatic carbocycles. The van der Waals surface area contributed by atoms with Crippen molar-refractivity contribution in [1.29, 1.82) is 0 Å². The first-order valence-electron chi connectivity index (χ1n) is 6.47. The highest BCUT2D eigenvalue weighted by molar-refractivity contribution is 5.96. The van der Waals surface area contributed by atoms with Crippen molar-refractivity contribution in [2.45, 2.75) is 26.7 Å². The zero-order chi connectivity index (χ0) is 14.4. The molecule has 0 saturated heterocycles. The molecular weight excluding hydrogens is 242 g/mol. The van der Waals surface area contributed by atoms with E-state index in [2.05, 4.69) is 19.2 Å². The summed E-state index contributed by atoms with van der Waals surface area (Å²) < 4.78 is 10.3. The second-order valence-corrected chi connectivity index (χ2v) is 4.81. The second kappa shape index (κ2) is 7.14. The summed E-state index contributed by atoms with van der Waals surface area (Å²) in [6.07, 6.45) is 0. The lowest BCUT2D eigenvalue weighted by atomic mass is 9.96. The molecule has 0 fully saturated rings. The van der Waals surface area contributed by atoms with Crippen LogP contribution in [-0.2, 0) is 4.74 Å². The summed E-state index contributed by atoms with van der Waals surface area (Å²) in [4.78, 5) is 12.1. The van der Waals surface area contributed by atoms with E-state index < -0.39 is 0 Å². The number of carbonyl (C=O) groups excluding carboxylic acids is 1. The van der Waals surface area contributed by atoms with Gasteiger partial charge >= 0.3 is 0 Å².